The number of hydrogen-bond acceptors (Lipinski definition) is 6. The van der Waals surface area contributed by atoms with E-state index in [4.69, 9.17) is 29.9 Å². The molecule has 6 nitrogen and oxygen atoms in total. The smallest absolute Gasteiger partial charge is 0.164 e. The van der Waals surface area contributed by atoms with Crippen LogP contribution in [0.3, 0.4) is 0 Å². The van der Waals surface area contributed by atoms with Crippen molar-refractivity contribution in [2.45, 2.75) is 22.7 Å². The molecule has 0 spiro atoms. The van der Waals surface area contributed by atoms with Crippen LogP contribution in [0.1, 0.15) is 89.7 Å². The van der Waals surface area contributed by atoms with Crippen molar-refractivity contribution in [2.24, 2.45) is 0 Å². The molecule has 0 amide bonds. The van der Waals surface area contributed by atoms with Crippen LogP contribution in [0.5, 0.6) is 0 Å². The van der Waals surface area contributed by atoms with Crippen LogP contribution in [-0.4, -0.2) is 29.9 Å². The Morgan fingerprint density at radius 2 is 0.425 bits per heavy atom. The molecule has 5 aliphatic carbocycles. The summed E-state index contributed by atoms with van der Waals surface area (Å²) in [6, 6.07) is 136. The number of aromatic nitrogens is 6. The second kappa shape index (κ2) is 24.5. The Bertz CT molecular complexity index is 5870. The first-order valence-electron chi connectivity index (χ1n) is 36.5. The van der Waals surface area contributed by atoms with Crippen LogP contribution in [0.25, 0.3) is 113 Å². The minimum atomic E-state index is -0.525. The van der Waals surface area contributed by atoms with E-state index < -0.39 is 10.8 Å². The van der Waals surface area contributed by atoms with Crippen LogP contribution in [-0.2, 0) is 10.8 Å². The van der Waals surface area contributed by atoms with Crippen molar-refractivity contribution >= 4 is 0 Å². The second-order valence-corrected chi connectivity index (χ2v) is 28.2. The third-order valence-electron chi connectivity index (χ3n) is 22.7. The molecule has 2 atom stereocenters. The summed E-state index contributed by atoms with van der Waals surface area (Å²) in [5, 5.41) is 0. The first-order chi connectivity index (χ1) is 52.6. The van der Waals surface area contributed by atoms with Crippen LogP contribution in [0.15, 0.2) is 376 Å². The van der Waals surface area contributed by atoms with Crippen LogP contribution in [0, 0.1) is 0 Å². The van der Waals surface area contributed by atoms with E-state index in [9.17, 15) is 0 Å². The van der Waals surface area contributed by atoms with Gasteiger partial charge in [-0.15, -0.1) is 0 Å². The SMILES string of the molecule is c1ccc(-c2nc(-c3cccc(-c4cccc5c4-c4ccccc4C5(c4ccccc4)c4ccccc4)c3)nc(-c3ccc4c(c3)C3c5ccccc5C4c4cc(-c5nc(-c6ccccc6)nc(-c6cccc(-c7cccc8c7-c7ccccc7C8(c7ccccc7)c7ccccc7)c6)n5)ccc43)n2)cc1. The van der Waals surface area contributed by atoms with Gasteiger partial charge in [-0.1, -0.05) is 352 Å². The molecule has 5 aliphatic rings. The van der Waals surface area contributed by atoms with Crippen LogP contribution in [0.4, 0.5) is 0 Å². The molecule has 15 aromatic carbocycles. The summed E-state index contributed by atoms with van der Waals surface area (Å²) in [6.07, 6.45) is 0. The lowest BCUT2D eigenvalue weighted by Crippen LogP contribution is -2.28. The van der Waals surface area contributed by atoms with Gasteiger partial charge in [-0.25, -0.2) is 29.9 Å². The van der Waals surface area contributed by atoms with Crippen molar-refractivity contribution in [3.63, 3.8) is 0 Å². The van der Waals surface area contributed by atoms with E-state index >= 15 is 0 Å². The fraction of sp³-hybridized carbons (Fsp3) is 0.0400. The molecule has 0 saturated heterocycles. The van der Waals surface area contributed by atoms with E-state index in [2.05, 4.69) is 340 Å². The fourth-order valence-electron chi connectivity index (χ4n) is 18.3. The highest BCUT2D eigenvalue weighted by Crippen LogP contribution is 2.61. The maximum absolute atomic E-state index is 5.47. The highest BCUT2D eigenvalue weighted by atomic mass is 15.0. The summed E-state index contributed by atoms with van der Waals surface area (Å²) in [5.74, 6) is 3.56. The molecular formula is C100H64N6. The van der Waals surface area contributed by atoms with Crippen molar-refractivity contribution in [1.82, 2.24) is 29.9 Å². The van der Waals surface area contributed by atoms with E-state index in [1.54, 1.807) is 0 Å². The van der Waals surface area contributed by atoms with E-state index in [0.29, 0.717) is 34.9 Å². The summed E-state index contributed by atoms with van der Waals surface area (Å²) in [4.78, 5) is 32.3. The Kier molecular flexibility index (Phi) is 14.1. The Morgan fingerprint density at radius 1 is 0.170 bits per heavy atom. The number of benzene rings is 15. The van der Waals surface area contributed by atoms with Gasteiger partial charge in [0, 0.05) is 45.2 Å². The summed E-state index contributed by atoms with van der Waals surface area (Å²) in [7, 11) is 0. The van der Waals surface area contributed by atoms with Crippen molar-refractivity contribution in [3.8, 4) is 113 Å². The predicted molar refractivity (Wildman–Crippen MR) is 426 cm³/mol. The molecule has 2 unspecified atom stereocenters. The molecule has 17 aromatic rings. The average molecular weight is 1350 g/mol. The average Bonchev–Trinajstić information content (AvgIpc) is 1.22. The molecule has 0 saturated carbocycles. The van der Waals surface area contributed by atoms with E-state index in [-0.39, 0.29) is 11.8 Å². The second-order valence-electron chi connectivity index (χ2n) is 28.2. The lowest BCUT2D eigenvalue weighted by atomic mass is 9.61. The minimum absolute atomic E-state index is 0.0551. The maximum Gasteiger partial charge on any atom is 0.164 e. The number of fused-ring (bicyclic) bond motifs is 6. The molecule has 2 bridgehead atoms. The Hall–Kier alpha value is -13.7. The molecule has 2 heterocycles. The quantitative estimate of drug-likeness (QED) is 0.121. The van der Waals surface area contributed by atoms with Crippen molar-refractivity contribution in [3.05, 3.63) is 454 Å². The summed E-state index contributed by atoms with van der Waals surface area (Å²) < 4.78 is 0. The summed E-state index contributed by atoms with van der Waals surface area (Å²) >= 11 is 0. The number of rotatable bonds is 12. The Balaban J connectivity index is 0.659. The summed E-state index contributed by atoms with van der Waals surface area (Å²) in [5.41, 5.74) is 31.5. The van der Waals surface area contributed by atoms with Crippen LogP contribution >= 0.6 is 0 Å². The zero-order chi connectivity index (χ0) is 69.9. The van der Waals surface area contributed by atoms with Gasteiger partial charge in [0.15, 0.2) is 34.9 Å². The lowest BCUT2D eigenvalue weighted by Gasteiger charge is -2.42. The van der Waals surface area contributed by atoms with Gasteiger partial charge in [-0.3, -0.25) is 0 Å². The molecule has 494 valence electrons. The van der Waals surface area contributed by atoms with Crippen molar-refractivity contribution < 1.29 is 0 Å². The first-order valence-corrected chi connectivity index (χ1v) is 36.5. The molecule has 0 aliphatic heterocycles. The summed E-state index contributed by atoms with van der Waals surface area (Å²) in [6.45, 7) is 0. The number of nitrogens with zero attached hydrogens (tertiary/aromatic N) is 6. The van der Waals surface area contributed by atoms with Crippen LogP contribution in [0.2, 0.25) is 0 Å². The first kappa shape index (κ1) is 61.0. The molecule has 106 heavy (non-hydrogen) atoms. The van der Waals surface area contributed by atoms with E-state index in [0.717, 1.165) is 55.6 Å². The Labute approximate surface area is 615 Å². The zero-order valence-electron chi connectivity index (χ0n) is 57.6. The predicted octanol–water partition coefficient (Wildman–Crippen LogP) is 23.1. The topological polar surface area (TPSA) is 77.3 Å². The third-order valence-corrected chi connectivity index (χ3v) is 22.7. The Morgan fingerprint density at radius 3 is 0.792 bits per heavy atom. The van der Waals surface area contributed by atoms with Gasteiger partial charge in [0.1, 0.15) is 0 Å². The molecule has 0 radical (unpaired) electrons. The van der Waals surface area contributed by atoms with Gasteiger partial charge < -0.3 is 0 Å². The highest BCUT2D eigenvalue weighted by molar-refractivity contribution is 5.98. The molecule has 22 rings (SSSR count). The minimum Gasteiger partial charge on any atom is -0.208 e. The van der Waals surface area contributed by atoms with Crippen molar-refractivity contribution in [1.29, 1.82) is 0 Å². The van der Waals surface area contributed by atoms with Gasteiger partial charge in [-0.05, 0) is 147 Å². The molecular weight excluding hydrogens is 1290 g/mol. The van der Waals surface area contributed by atoms with Gasteiger partial charge in [0.25, 0.3) is 0 Å². The normalized spacial score (nSPS) is 14.8. The van der Waals surface area contributed by atoms with E-state index in [1.807, 2.05) is 36.4 Å². The van der Waals surface area contributed by atoms with Gasteiger partial charge in [0.05, 0.1) is 10.8 Å². The van der Waals surface area contributed by atoms with Crippen LogP contribution < -0.4 is 0 Å². The molecule has 0 fully saturated rings. The lowest BCUT2D eigenvalue weighted by molar-refractivity contribution is 0.754. The standard InChI is InChI=1S/C100H64N6/c1-7-29-63(30-8-1)93-101-95(67-35-25-33-65(59-67)75-49-27-53-87-91(75)81-47-21-23-51-85(81)99(87,71-37-11-3-12-38-71)72-39-13-4-14-40-72)105-97(103-93)69-55-57-79-83(61-69)89-77-45-19-20-46-78(77)90(79)84-62-70(56-58-80(84)89)98-104-94(64-31-9-2-10-32-64)102-96(106-98)68-36-26-34-66(60-68)76-50-28-54-88-92(76)82-48-22-24-52-86(82)100(88,73-41-15-5-16-42-73)74-43-17-6-18-44-74/h1-62,89-90H. The molecule has 0 N–H and O–H groups in total. The zero-order valence-corrected chi connectivity index (χ0v) is 57.6. The van der Waals surface area contributed by atoms with Crippen molar-refractivity contribution in [2.75, 3.05) is 0 Å². The van der Waals surface area contributed by atoms with E-state index in [1.165, 1.54) is 100 Å². The molecule has 6 heteroatoms. The highest BCUT2D eigenvalue weighted by Gasteiger charge is 2.49. The monoisotopic (exact) mass is 1350 g/mol. The fourth-order valence-corrected chi connectivity index (χ4v) is 18.3. The number of hydrogen-bond donors (Lipinski definition) is 0. The largest absolute Gasteiger partial charge is 0.208 e. The van der Waals surface area contributed by atoms with Gasteiger partial charge in [0.2, 0.25) is 0 Å². The van der Waals surface area contributed by atoms with Gasteiger partial charge >= 0.3 is 0 Å². The molecule has 2 aromatic heterocycles. The third kappa shape index (κ3) is 9.37. The maximum atomic E-state index is 5.47. The van der Waals surface area contributed by atoms with Gasteiger partial charge in [-0.2, -0.15) is 0 Å².